The van der Waals surface area contributed by atoms with Gasteiger partial charge in [0.1, 0.15) is 5.75 Å². The van der Waals surface area contributed by atoms with E-state index in [1.54, 1.807) is 7.11 Å². The number of benzene rings is 1. The van der Waals surface area contributed by atoms with Crippen molar-refractivity contribution in [2.75, 3.05) is 33.3 Å². The molecule has 3 heteroatoms. The lowest BCUT2D eigenvalue weighted by Gasteiger charge is -2.32. The molecule has 20 heavy (non-hydrogen) atoms. The molecule has 0 saturated carbocycles. The Morgan fingerprint density at radius 3 is 2.80 bits per heavy atom. The van der Waals surface area contributed by atoms with Crippen molar-refractivity contribution in [2.24, 2.45) is 0 Å². The molecule has 1 aromatic carbocycles. The highest BCUT2D eigenvalue weighted by Crippen LogP contribution is 2.15. The van der Waals surface area contributed by atoms with E-state index in [0.29, 0.717) is 0 Å². The third kappa shape index (κ3) is 4.80. The van der Waals surface area contributed by atoms with E-state index in [0.717, 1.165) is 31.3 Å². The Balaban J connectivity index is 1.70. The molecule has 1 saturated heterocycles. The highest BCUT2D eigenvalue weighted by Gasteiger charge is 2.17. The molecule has 1 aromatic rings. The van der Waals surface area contributed by atoms with Crippen LogP contribution in [-0.4, -0.2) is 44.2 Å². The van der Waals surface area contributed by atoms with Crippen LogP contribution in [0.3, 0.4) is 0 Å². The summed E-state index contributed by atoms with van der Waals surface area (Å²) in [6.07, 6.45) is 4.93. The van der Waals surface area contributed by atoms with E-state index in [-0.39, 0.29) is 0 Å². The van der Waals surface area contributed by atoms with Gasteiger partial charge in [0.15, 0.2) is 0 Å². The van der Waals surface area contributed by atoms with Crippen molar-refractivity contribution in [3.05, 3.63) is 29.8 Å². The first-order valence-electron chi connectivity index (χ1n) is 7.90. The van der Waals surface area contributed by atoms with Gasteiger partial charge in [-0.15, -0.1) is 0 Å². The maximum atomic E-state index is 5.28. The fourth-order valence-electron chi connectivity index (χ4n) is 2.82. The molecule has 3 nitrogen and oxygen atoms in total. The van der Waals surface area contributed by atoms with E-state index >= 15 is 0 Å². The van der Waals surface area contributed by atoms with Gasteiger partial charge in [0.25, 0.3) is 0 Å². The largest absolute Gasteiger partial charge is 0.497 e. The molecule has 0 amide bonds. The maximum absolute atomic E-state index is 5.28. The summed E-state index contributed by atoms with van der Waals surface area (Å²) >= 11 is 0. The van der Waals surface area contributed by atoms with Crippen molar-refractivity contribution in [1.82, 2.24) is 10.2 Å². The molecule has 0 radical (unpaired) electrons. The van der Waals surface area contributed by atoms with Crippen LogP contribution < -0.4 is 10.1 Å². The smallest absolute Gasteiger partial charge is 0.119 e. The second-order valence-electron chi connectivity index (χ2n) is 5.67. The Morgan fingerprint density at radius 2 is 2.10 bits per heavy atom. The quantitative estimate of drug-likeness (QED) is 0.828. The maximum Gasteiger partial charge on any atom is 0.119 e. The Hall–Kier alpha value is -1.06. The summed E-state index contributed by atoms with van der Waals surface area (Å²) in [5.74, 6) is 0.963. The summed E-state index contributed by atoms with van der Waals surface area (Å²) in [5, 5.41) is 3.64. The molecule has 1 fully saturated rings. The normalized spacial score (nSPS) is 17.3. The van der Waals surface area contributed by atoms with E-state index in [1.165, 1.54) is 37.9 Å². The zero-order chi connectivity index (χ0) is 14.2. The Labute approximate surface area is 123 Å². The topological polar surface area (TPSA) is 24.5 Å². The number of hydrogen-bond donors (Lipinski definition) is 1. The molecule has 1 heterocycles. The Kier molecular flexibility index (Phi) is 6.34. The molecule has 2 rings (SSSR count). The monoisotopic (exact) mass is 276 g/mol. The highest BCUT2D eigenvalue weighted by molar-refractivity contribution is 5.28. The van der Waals surface area contributed by atoms with Gasteiger partial charge in [0.05, 0.1) is 7.11 Å². The number of nitrogens with zero attached hydrogens (tertiary/aromatic N) is 1. The molecule has 112 valence electrons. The van der Waals surface area contributed by atoms with Crippen LogP contribution in [0.25, 0.3) is 0 Å². The summed E-state index contributed by atoms with van der Waals surface area (Å²) in [5.41, 5.74) is 1.37. The lowest BCUT2D eigenvalue weighted by atomic mass is 10.0. The van der Waals surface area contributed by atoms with Gasteiger partial charge in [-0.05, 0) is 63.0 Å². The predicted molar refractivity (Wildman–Crippen MR) is 84.5 cm³/mol. The zero-order valence-electron chi connectivity index (χ0n) is 12.9. The third-order valence-corrected chi connectivity index (χ3v) is 4.12. The van der Waals surface area contributed by atoms with Crippen molar-refractivity contribution in [3.63, 3.8) is 0 Å². The summed E-state index contributed by atoms with van der Waals surface area (Å²) in [6, 6.07) is 9.17. The summed E-state index contributed by atoms with van der Waals surface area (Å²) < 4.78 is 5.28. The van der Waals surface area contributed by atoms with Crippen LogP contribution in [0.15, 0.2) is 24.3 Å². The van der Waals surface area contributed by atoms with E-state index in [2.05, 4.69) is 35.3 Å². The first kappa shape index (κ1) is 15.3. The van der Waals surface area contributed by atoms with Crippen LogP contribution >= 0.6 is 0 Å². The molecule has 0 spiro atoms. The number of methoxy groups -OCH3 is 1. The number of ether oxygens (including phenoxy) is 1. The second kappa shape index (κ2) is 8.28. The fraction of sp³-hybridized carbons (Fsp3) is 0.647. The number of piperidine rings is 1. The molecule has 0 aromatic heterocycles. The molecule has 1 aliphatic rings. The van der Waals surface area contributed by atoms with Gasteiger partial charge in [0.2, 0.25) is 0 Å². The van der Waals surface area contributed by atoms with E-state index in [4.69, 9.17) is 4.74 Å². The van der Waals surface area contributed by atoms with Gasteiger partial charge in [-0.1, -0.05) is 19.1 Å². The van der Waals surface area contributed by atoms with Gasteiger partial charge in [-0.2, -0.15) is 0 Å². The molecular weight excluding hydrogens is 248 g/mol. The Morgan fingerprint density at radius 1 is 1.30 bits per heavy atom. The number of nitrogens with one attached hydrogen (secondary N) is 1. The standard InChI is InChI=1S/C17H28N2O/c1-3-10-18-16-8-12-19(13-9-16)11-7-15-5-4-6-17(14-15)20-2/h4-6,14,16,18H,3,7-13H2,1-2H3. The molecule has 0 bridgehead atoms. The molecular formula is C17H28N2O. The van der Waals surface area contributed by atoms with Crippen molar-refractivity contribution in [1.29, 1.82) is 0 Å². The van der Waals surface area contributed by atoms with Crippen molar-refractivity contribution < 1.29 is 4.74 Å². The highest BCUT2D eigenvalue weighted by atomic mass is 16.5. The minimum absolute atomic E-state index is 0.739. The lowest BCUT2D eigenvalue weighted by molar-refractivity contribution is 0.200. The number of likely N-dealkylation sites (tertiary alicyclic amines) is 1. The second-order valence-corrected chi connectivity index (χ2v) is 5.67. The zero-order valence-corrected chi connectivity index (χ0v) is 12.9. The first-order chi connectivity index (χ1) is 9.81. The van der Waals surface area contributed by atoms with Gasteiger partial charge in [0, 0.05) is 12.6 Å². The predicted octanol–water partition coefficient (Wildman–Crippen LogP) is 2.70. The fourth-order valence-corrected chi connectivity index (χ4v) is 2.82. The van der Waals surface area contributed by atoms with Crippen LogP contribution in [0.1, 0.15) is 31.7 Å². The molecule has 1 N–H and O–H groups in total. The molecule has 1 aliphatic heterocycles. The van der Waals surface area contributed by atoms with E-state index in [9.17, 15) is 0 Å². The molecule has 0 atom stereocenters. The van der Waals surface area contributed by atoms with Crippen LogP contribution in [0.4, 0.5) is 0 Å². The number of hydrogen-bond acceptors (Lipinski definition) is 3. The van der Waals surface area contributed by atoms with Crippen LogP contribution in [0.5, 0.6) is 5.75 Å². The molecule has 0 aliphatic carbocycles. The van der Waals surface area contributed by atoms with Crippen LogP contribution in [-0.2, 0) is 6.42 Å². The van der Waals surface area contributed by atoms with Crippen LogP contribution in [0, 0.1) is 0 Å². The SMILES string of the molecule is CCCNC1CCN(CCc2cccc(OC)c2)CC1. The molecule has 0 unspecified atom stereocenters. The van der Waals surface area contributed by atoms with Crippen molar-refractivity contribution in [3.8, 4) is 5.75 Å². The van der Waals surface area contributed by atoms with Crippen molar-refractivity contribution >= 4 is 0 Å². The van der Waals surface area contributed by atoms with Gasteiger partial charge in [-0.25, -0.2) is 0 Å². The van der Waals surface area contributed by atoms with Gasteiger partial charge in [-0.3, -0.25) is 0 Å². The third-order valence-electron chi connectivity index (χ3n) is 4.12. The van der Waals surface area contributed by atoms with E-state index in [1.807, 2.05) is 6.07 Å². The summed E-state index contributed by atoms with van der Waals surface area (Å²) in [4.78, 5) is 2.59. The Bertz CT molecular complexity index is 386. The summed E-state index contributed by atoms with van der Waals surface area (Å²) in [6.45, 7) is 7.01. The van der Waals surface area contributed by atoms with Crippen molar-refractivity contribution in [2.45, 2.75) is 38.6 Å². The van der Waals surface area contributed by atoms with E-state index < -0.39 is 0 Å². The first-order valence-corrected chi connectivity index (χ1v) is 7.90. The summed E-state index contributed by atoms with van der Waals surface area (Å²) in [7, 11) is 1.73. The van der Waals surface area contributed by atoms with Crippen LogP contribution in [0.2, 0.25) is 0 Å². The average Bonchev–Trinajstić information content (AvgIpc) is 2.52. The lowest BCUT2D eigenvalue weighted by Crippen LogP contribution is -2.43. The minimum Gasteiger partial charge on any atom is -0.497 e. The number of rotatable bonds is 7. The van der Waals surface area contributed by atoms with Gasteiger partial charge < -0.3 is 15.0 Å². The average molecular weight is 276 g/mol. The minimum atomic E-state index is 0.739. The van der Waals surface area contributed by atoms with Gasteiger partial charge >= 0.3 is 0 Å².